The van der Waals surface area contributed by atoms with Gasteiger partial charge in [0.05, 0.1) is 5.71 Å². The van der Waals surface area contributed by atoms with Crippen molar-refractivity contribution in [3.8, 4) is 5.75 Å². The predicted octanol–water partition coefficient (Wildman–Crippen LogP) is 4.02. The van der Waals surface area contributed by atoms with E-state index in [2.05, 4.69) is 21.4 Å². The van der Waals surface area contributed by atoms with Crippen molar-refractivity contribution in [2.75, 3.05) is 0 Å². The Balaban J connectivity index is 1.32. The summed E-state index contributed by atoms with van der Waals surface area (Å²) in [6.07, 6.45) is 0.618. The highest BCUT2D eigenvalue weighted by molar-refractivity contribution is 5.99. The van der Waals surface area contributed by atoms with Gasteiger partial charge in [0.15, 0.2) is 0 Å². The molecule has 3 N–H and O–H groups in total. The van der Waals surface area contributed by atoms with Gasteiger partial charge in [0, 0.05) is 6.04 Å². The second-order valence-corrected chi connectivity index (χ2v) is 8.02. The van der Waals surface area contributed by atoms with Crippen LogP contribution in [0.25, 0.3) is 0 Å². The van der Waals surface area contributed by atoms with E-state index >= 15 is 0 Å². The molecule has 3 aromatic rings. The zero-order valence-corrected chi connectivity index (χ0v) is 18.3. The molecule has 1 aliphatic heterocycles. The molecule has 1 aliphatic rings. The summed E-state index contributed by atoms with van der Waals surface area (Å²) in [5.41, 5.74) is 14.1. The van der Waals surface area contributed by atoms with Crippen LogP contribution in [0, 0.1) is 6.92 Å². The number of carbonyl (C=O) groups excluding carboxylic acids is 1. The highest BCUT2D eigenvalue weighted by Gasteiger charge is 2.30. The van der Waals surface area contributed by atoms with Crippen LogP contribution in [0.2, 0.25) is 0 Å². The van der Waals surface area contributed by atoms with Gasteiger partial charge < -0.3 is 4.74 Å². The van der Waals surface area contributed by atoms with Crippen LogP contribution in [-0.4, -0.2) is 17.7 Å². The Morgan fingerprint density at radius 2 is 1.81 bits per heavy atom. The smallest absolute Gasteiger partial charge is 0.258 e. The van der Waals surface area contributed by atoms with E-state index in [1.54, 1.807) is 0 Å². The fraction of sp³-hybridized carbons (Fsp3) is 0.231. The fourth-order valence-electron chi connectivity index (χ4n) is 3.58. The van der Waals surface area contributed by atoms with Crippen LogP contribution in [0.5, 0.6) is 5.75 Å². The molecule has 0 aliphatic carbocycles. The predicted molar refractivity (Wildman–Crippen MR) is 126 cm³/mol. The number of rotatable bonds is 7. The largest absolute Gasteiger partial charge is 0.489 e. The number of carbonyl (C=O) groups is 1. The lowest BCUT2D eigenvalue weighted by Crippen LogP contribution is -2.41. The molecule has 2 atom stereocenters. The van der Waals surface area contributed by atoms with Gasteiger partial charge in [-0.05, 0) is 49.1 Å². The summed E-state index contributed by atoms with van der Waals surface area (Å²) in [7, 11) is 0. The second kappa shape index (κ2) is 10.2. The first kappa shape index (κ1) is 21.7. The number of hydrazone groups is 1. The quantitative estimate of drug-likeness (QED) is 0.393. The minimum atomic E-state index is -0.372. The van der Waals surface area contributed by atoms with Gasteiger partial charge in [-0.15, -0.1) is 0 Å². The van der Waals surface area contributed by atoms with E-state index in [4.69, 9.17) is 4.74 Å². The Morgan fingerprint density at radius 3 is 2.59 bits per heavy atom. The molecule has 0 aromatic heterocycles. The number of hydrogen-bond acceptors (Lipinski definition) is 5. The van der Waals surface area contributed by atoms with Crippen LogP contribution < -0.4 is 21.0 Å². The lowest BCUT2D eigenvalue weighted by molar-refractivity contribution is -0.122. The summed E-state index contributed by atoms with van der Waals surface area (Å²) in [6.45, 7) is 4.44. The number of nitrogens with one attached hydrogen (secondary N) is 3. The maximum Gasteiger partial charge on any atom is 0.258 e. The average molecular weight is 429 g/mol. The summed E-state index contributed by atoms with van der Waals surface area (Å²) in [4.78, 5) is 12.6. The van der Waals surface area contributed by atoms with Gasteiger partial charge in [0.1, 0.15) is 18.4 Å². The Bertz CT molecular complexity index is 1080. The normalized spacial score (nSPS) is 18.4. The molecule has 6 heteroatoms. The number of hydrogen-bond donors (Lipinski definition) is 3. The minimum Gasteiger partial charge on any atom is -0.489 e. The van der Waals surface area contributed by atoms with E-state index in [0.29, 0.717) is 13.0 Å². The molecule has 32 heavy (non-hydrogen) atoms. The van der Waals surface area contributed by atoms with Gasteiger partial charge in [-0.25, -0.2) is 16.3 Å². The molecule has 1 saturated heterocycles. The maximum absolute atomic E-state index is 12.6. The Labute approximate surface area is 188 Å². The zero-order valence-electron chi connectivity index (χ0n) is 18.3. The van der Waals surface area contributed by atoms with Gasteiger partial charge in [-0.1, -0.05) is 72.3 Å². The number of nitrogens with zero attached hydrogens (tertiary/aromatic N) is 1. The van der Waals surface area contributed by atoms with Crippen LogP contribution in [0.3, 0.4) is 0 Å². The second-order valence-electron chi connectivity index (χ2n) is 8.02. The summed E-state index contributed by atoms with van der Waals surface area (Å²) in [6, 6.07) is 25.7. The molecule has 0 saturated carbocycles. The molecule has 4 rings (SSSR count). The molecule has 0 spiro atoms. The third-order valence-corrected chi connectivity index (χ3v) is 5.53. The minimum absolute atomic E-state index is 0.00759. The molecule has 1 fully saturated rings. The van der Waals surface area contributed by atoms with Gasteiger partial charge in [0.2, 0.25) is 0 Å². The molecule has 1 heterocycles. The number of aryl methyl sites for hydroxylation is 1. The summed E-state index contributed by atoms with van der Waals surface area (Å²) >= 11 is 0. The van der Waals surface area contributed by atoms with E-state index in [1.807, 2.05) is 92.7 Å². The topological polar surface area (TPSA) is 74.8 Å². The van der Waals surface area contributed by atoms with E-state index in [0.717, 1.165) is 28.2 Å². The van der Waals surface area contributed by atoms with Crippen LogP contribution in [-0.2, 0) is 11.4 Å². The zero-order chi connectivity index (χ0) is 22.3. The first-order valence-corrected chi connectivity index (χ1v) is 10.8. The SMILES string of the molecule is C/C(=N/NC(=O)C1CC(c2cccc(OCc3ccccc3)c2)NN1)c1ccc(C)cc1. The molecule has 164 valence electrons. The molecule has 1 amide bonds. The third-order valence-electron chi connectivity index (χ3n) is 5.53. The monoisotopic (exact) mass is 428 g/mol. The Kier molecular flexibility index (Phi) is 6.94. The summed E-state index contributed by atoms with van der Waals surface area (Å²) in [5.74, 6) is 0.641. The molecule has 0 bridgehead atoms. The van der Waals surface area contributed by atoms with Gasteiger partial charge in [0.25, 0.3) is 5.91 Å². The number of benzene rings is 3. The highest BCUT2D eigenvalue weighted by Crippen LogP contribution is 2.26. The van der Waals surface area contributed by atoms with Crippen LogP contribution in [0.15, 0.2) is 84.0 Å². The first-order valence-electron chi connectivity index (χ1n) is 10.8. The summed E-state index contributed by atoms with van der Waals surface area (Å²) < 4.78 is 5.94. The Hall–Kier alpha value is -3.48. The molecule has 0 radical (unpaired) electrons. The van der Waals surface area contributed by atoms with E-state index in [1.165, 1.54) is 5.56 Å². The highest BCUT2D eigenvalue weighted by atomic mass is 16.5. The van der Waals surface area contributed by atoms with Crippen LogP contribution in [0.4, 0.5) is 0 Å². The molecule has 2 unspecified atom stereocenters. The lowest BCUT2D eigenvalue weighted by Gasteiger charge is -2.12. The van der Waals surface area contributed by atoms with E-state index in [9.17, 15) is 4.79 Å². The van der Waals surface area contributed by atoms with E-state index < -0.39 is 0 Å². The molecular weight excluding hydrogens is 400 g/mol. The van der Waals surface area contributed by atoms with Crippen molar-refractivity contribution in [1.82, 2.24) is 16.3 Å². The number of ether oxygens (including phenoxy) is 1. The van der Waals surface area contributed by atoms with Crippen molar-refractivity contribution in [3.63, 3.8) is 0 Å². The van der Waals surface area contributed by atoms with Crippen molar-refractivity contribution < 1.29 is 9.53 Å². The maximum atomic E-state index is 12.6. The van der Waals surface area contributed by atoms with Crippen LogP contribution in [0.1, 0.15) is 41.6 Å². The first-order chi connectivity index (χ1) is 15.6. The molecule has 6 nitrogen and oxygen atoms in total. The summed E-state index contributed by atoms with van der Waals surface area (Å²) in [5, 5.41) is 4.26. The number of amides is 1. The average Bonchev–Trinajstić information content (AvgIpc) is 3.33. The van der Waals surface area contributed by atoms with Crippen molar-refractivity contribution in [2.24, 2.45) is 5.10 Å². The Morgan fingerprint density at radius 1 is 1.03 bits per heavy atom. The lowest BCUT2D eigenvalue weighted by atomic mass is 10.0. The third kappa shape index (κ3) is 5.60. The fourth-order valence-corrected chi connectivity index (χ4v) is 3.58. The van der Waals surface area contributed by atoms with Crippen molar-refractivity contribution in [2.45, 2.75) is 39.0 Å². The number of hydrazine groups is 1. The molecule has 3 aromatic carbocycles. The van der Waals surface area contributed by atoms with Crippen LogP contribution >= 0.6 is 0 Å². The van der Waals surface area contributed by atoms with Crippen molar-refractivity contribution >= 4 is 11.6 Å². The van der Waals surface area contributed by atoms with Gasteiger partial charge >= 0.3 is 0 Å². The molecular formula is C26H28N4O2. The van der Waals surface area contributed by atoms with Gasteiger partial charge in [-0.3, -0.25) is 4.79 Å². The van der Waals surface area contributed by atoms with Crippen molar-refractivity contribution in [3.05, 3.63) is 101 Å². The standard InChI is InChI=1S/C26H28N4O2/c1-18-11-13-21(14-12-18)19(2)27-30-26(31)25-16-24(28-29-25)22-9-6-10-23(15-22)32-17-20-7-4-3-5-8-20/h3-15,24-25,28-29H,16-17H2,1-2H3,(H,30,31)/b27-19-. The van der Waals surface area contributed by atoms with E-state index in [-0.39, 0.29) is 18.0 Å². The van der Waals surface area contributed by atoms with Gasteiger partial charge in [-0.2, -0.15) is 5.10 Å². The van der Waals surface area contributed by atoms with Crippen molar-refractivity contribution in [1.29, 1.82) is 0 Å².